The minimum absolute atomic E-state index is 0.121. The molecule has 0 aliphatic carbocycles. The van der Waals surface area contributed by atoms with Gasteiger partial charge in [0.25, 0.3) is 0 Å². The first-order valence-corrected chi connectivity index (χ1v) is 4.58. The van der Waals surface area contributed by atoms with Crippen molar-refractivity contribution in [2.75, 3.05) is 0 Å². The summed E-state index contributed by atoms with van der Waals surface area (Å²) in [7, 11) is 0. The SMILES string of the molecule is O=C([CH]=[W])c1ccccc1. The van der Waals surface area contributed by atoms with Gasteiger partial charge in [-0.25, -0.2) is 0 Å². The summed E-state index contributed by atoms with van der Waals surface area (Å²) >= 11 is 1.20. The third-order valence-electron chi connectivity index (χ3n) is 1.17. The number of rotatable bonds is 2. The van der Waals surface area contributed by atoms with Gasteiger partial charge in [0.2, 0.25) is 0 Å². The Labute approximate surface area is 70.5 Å². The van der Waals surface area contributed by atoms with E-state index in [2.05, 4.69) is 0 Å². The Morgan fingerprint density at radius 1 is 1.30 bits per heavy atom. The van der Waals surface area contributed by atoms with Crippen LogP contribution in [0.25, 0.3) is 0 Å². The molecule has 0 atom stereocenters. The molecule has 1 nitrogen and oxygen atoms in total. The van der Waals surface area contributed by atoms with E-state index in [0.717, 1.165) is 5.56 Å². The first-order chi connectivity index (χ1) is 4.84. The Kier molecular flexibility index (Phi) is 2.70. The molecule has 0 aromatic heterocycles. The van der Waals surface area contributed by atoms with E-state index in [9.17, 15) is 4.79 Å². The molecule has 2 heteroatoms. The number of carbonyl (C=O) groups is 1. The average Bonchev–Trinajstić information content (AvgIpc) is 2.05. The van der Waals surface area contributed by atoms with Crippen molar-refractivity contribution < 1.29 is 24.1 Å². The average molecular weight is 302 g/mol. The molecule has 0 bridgehead atoms. The maximum absolute atomic E-state index is 11.0. The van der Waals surface area contributed by atoms with Gasteiger partial charge in [-0.1, -0.05) is 0 Å². The molecule has 0 aliphatic heterocycles. The summed E-state index contributed by atoms with van der Waals surface area (Å²) in [5, 5.41) is 0. The van der Waals surface area contributed by atoms with Gasteiger partial charge < -0.3 is 0 Å². The predicted octanol–water partition coefficient (Wildman–Crippen LogP) is 1.22. The fourth-order valence-electron chi connectivity index (χ4n) is 0.670. The third-order valence-corrected chi connectivity index (χ3v) is 1.93. The van der Waals surface area contributed by atoms with Gasteiger partial charge in [0.1, 0.15) is 0 Å². The number of benzene rings is 1. The Morgan fingerprint density at radius 3 is 2.40 bits per heavy atom. The second kappa shape index (κ2) is 3.58. The van der Waals surface area contributed by atoms with Crippen LogP contribution in [0.15, 0.2) is 30.3 Å². The van der Waals surface area contributed by atoms with Gasteiger partial charge >= 0.3 is 70.2 Å². The zero-order valence-electron chi connectivity index (χ0n) is 5.28. The van der Waals surface area contributed by atoms with Crippen LogP contribution in [-0.4, -0.2) is 10.2 Å². The van der Waals surface area contributed by atoms with Crippen LogP contribution in [0.3, 0.4) is 0 Å². The first kappa shape index (κ1) is 7.55. The summed E-state index contributed by atoms with van der Waals surface area (Å²) in [6.45, 7) is 0. The molecule has 0 N–H and O–H groups in total. The molecular formula is C8H6OW. The van der Waals surface area contributed by atoms with Crippen LogP contribution >= 0.6 is 0 Å². The second-order valence-corrected chi connectivity index (χ2v) is 2.69. The van der Waals surface area contributed by atoms with E-state index >= 15 is 0 Å². The predicted molar refractivity (Wildman–Crippen MR) is 36.8 cm³/mol. The van der Waals surface area contributed by atoms with Crippen LogP contribution in [0.4, 0.5) is 0 Å². The molecule has 0 saturated heterocycles. The summed E-state index contributed by atoms with van der Waals surface area (Å²) in [6, 6.07) is 9.28. The number of ketones is 1. The topological polar surface area (TPSA) is 17.1 Å². The van der Waals surface area contributed by atoms with Crippen LogP contribution in [0, 0.1) is 0 Å². The van der Waals surface area contributed by atoms with Gasteiger partial charge in [0, 0.05) is 0 Å². The van der Waals surface area contributed by atoms with E-state index in [4.69, 9.17) is 0 Å². The van der Waals surface area contributed by atoms with Gasteiger partial charge in [0.05, 0.1) is 0 Å². The molecule has 0 spiro atoms. The monoisotopic (exact) mass is 302 g/mol. The Hall–Kier alpha value is -0.552. The van der Waals surface area contributed by atoms with E-state index in [1.807, 2.05) is 30.3 Å². The fourth-order valence-corrected chi connectivity index (χ4v) is 1.16. The van der Waals surface area contributed by atoms with Crippen LogP contribution in [0.5, 0.6) is 0 Å². The van der Waals surface area contributed by atoms with Gasteiger partial charge in [-0.05, 0) is 0 Å². The maximum atomic E-state index is 11.0. The standard InChI is InChI=1S/C8H6O.W/c1-7(9)8-5-3-2-4-6-8;/h1-6H;. The van der Waals surface area contributed by atoms with Crippen LogP contribution in [0.2, 0.25) is 0 Å². The van der Waals surface area contributed by atoms with Crippen molar-refractivity contribution in [2.24, 2.45) is 0 Å². The van der Waals surface area contributed by atoms with Gasteiger partial charge in [0.15, 0.2) is 0 Å². The third kappa shape index (κ3) is 1.71. The van der Waals surface area contributed by atoms with Crippen molar-refractivity contribution in [3.63, 3.8) is 0 Å². The Morgan fingerprint density at radius 2 is 1.90 bits per heavy atom. The summed E-state index contributed by atoms with van der Waals surface area (Å²) in [5.74, 6) is 0.121. The number of hydrogen-bond donors (Lipinski definition) is 0. The van der Waals surface area contributed by atoms with E-state index in [1.54, 1.807) is 4.40 Å². The molecule has 1 rings (SSSR count). The van der Waals surface area contributed by atoms with Crippen LogP contribution in [-0.2, 0) is 19.4 Å². The number of hydrogen-bond acceptors (Lipinski definition) is 1. The zero-order chi connectivity index (χ0) is 7.40. The fraction of sp³-hybridized carbons (Fsp3) is 0. The number of carbonyl (C=O) groups excluding carboxylic acids is 1. The van der Waals surface area contributed by atoms with Gasteiger partial charge in [-0.15, -0.1) is 0 Å². The van der Waals surface area contributed by atoms with Gasteiger partial charge in [-0.2, -0.15) is 0 Å². The van der Waals surface area contributed by atoms with Crippen LogP contribution < -0.4 is 0 Å². The summed E-state index contributed by atoms with van der Waals surface area (Å²) < 4.78 is 1.65. The molecule has 0 fully saturated rings. The summed E-state index contributed by atoms with van der Waals surface area (Å²) in [4.78, 5) is 11.0. The van der Waals surface area contributed by atoms with Crippen LogP contribution in [0.1, 0.15) is 10.4 Å². The Balaban J connectivity index is 2.95. The normalized spacial score (nSPS) is 8.80. The van der Waals surface area contributed by atoms with Crippen molar-refractivity contribution >= 4 is 10.2 Å². The quantitative estimate of drug-likeness (QED) is 0.751. The first-order valence-electron chi connectivity index (χ1n) is 2.89. The van der Waals surface area contributed by atoms with Crippen molar-refractivity contribution in [1.29, 1.82) is 0 Å². The molecule has 0 unspecified atom stereocenters. The van der Waals surface area contributed by atoms with E-state index < -0.39 is 0 Å². The van der Waals surface area contributed by atoms with Crippen molar-refractivity contribution in [1.82, 2.24) is 0 Å². The second-order valence-electron chi connectivity index (χ2n) is 1.85. The molecule has 0 amide bonds. The summed E-state index contributed by atoms with van der Waals surface area (Å²) in [6.07, 6.45) is 0. The number of Topliss-reactive ketones (excluding diaryl/α,β-unsaturated/α-hetero) is 1. The van der Waals surface area contributed by atoms with E-state index in [1.165, 1.54) is 19.4 Å². The summed E-state index contributed by atoms with van der Waals surface area (Å²) in [5.41, 5.74) is 0.775. The van der Waals surface area contributed by atoms with E-state index in [-0.39, 0.29) is 5.78 Å². The molecule has 10 heavy (non-hydrogen) atoms. The molecular weight excluding hydrogens is 296 g/mol. The van der Waals surface area contributed by atoms with E-state index in [0.29, 0.717) is 0 Å². The van der Waals surface area contributed by atoms with Crippen molar-refractivity contribution in [3.8, 4) is 0 Å². The van der Waals surface area contributed by atoms with Crippen molar-refractivity contribution in [2.45, 2.75) is 0 Å². The minimum atomic E-state index is 0.121. The molecule has 1 aromatic rings. The molecule has 0 radical (unpaired) electrons. The molecule has 50 valence electrons. The Bertz CT molecular complexity index is 241. The molecule has 0 heterocycles. The molecule has 0 aliphatic rings. The zero-order valence-corrected chi connectivity index (χ0v) is 8.21. The van der Waals surface area contributed by atoms with Crippen molar-refractivity contribution in [3.05, 3.63) is 35.9 Å². The van der Waals surface area contributed by atoms with Gasteiger partial charge in [-0.3, -0.25) is 0 Å². The molecule has 0 saturated carbocycles. The molecule has 1 aromatic carbocycles.